The maximum atomic E-state index is 11.3. The third-order valence-electron chi connectivity index (χ3n) is 7.25. The number of aryl methyl sites for hydroxylation is 1. The third kappa shape index (κ3) is 4.33. The van der Waals surface area contributed by atoms with Gasteiger partial charge in [0.25, 0.3) is 0 Å². The van der Waals surface area contributed by atoms with Crippen LogP contribution in [0.3, 0.4) is 0 Å². The van der Waals surface area contributed by atoms with Crippen molar-refractivity contribution in [3.63, 3.8) is 0 Å². The molecule has 29 heavy (non-hydrogen) atoms. The minimum Gasteiger partial charge on any atom is -0.390 e. The van der Waals surface area contributed by atoms with Gasteiger partial charge in [0, 0.05) is 30.6 Å². The SMILES string of the molecule is Cc1nc(NCCCC2(O)CCN3CC(C)(c4ccccc4)CCC3(C)C2)n[nH]1. The van der Waals surface area contributed by atoms with Crippen molar-refractivity contribution in [3.8, 4) is 0 Å². The van der Waals surface area contributed by atoms with Crippen LogP contribution in [-0.2, 0) is 5.41 Å². The topological polar surface area (TPSA) is 77.1 Å². The number of aromatic nitrogens is 3. The van der Waals surface area contributed by atoms with Gasteiger partial charge in [-0.15, -0.1) is 5.10 Å². The Morgan fingerprint density at radius 3 is 2.69 bits per heavy atom. The summed E-state index contributed by atoms with van der Waals surface area (Å²) < 4.78 is 0. The lowest BCUT2D eigenvalue weighted by molar-refractivity contribution is -0.110. The van der Waals surface area contributed by atoms with E-state index in [1.54, 1.807) is 0 Å². The van der Waals surface area contributed by atoms with E-state index in [-0.39, 0.29) is 11.0 Å². The molecule has 4 rings (SSSR count). The number of H-pyrrole nitrogens is 1. The summed E-state index contributed by atoms with van der Waals surface area (Å²) >= 11 is 0. The molecule has 3 N–H and O–H groups in total. The number of aliphatic hydroxyl groups is 1. The van der Waals surface area contributed by atoms with E-state index in [2.05, 4.69) is 69.6 Å². The molecular formula is C23H35N5O. The van der Waals surface area contributed by atoms with Gasteiger partial charge in [-0.05, 0) is 57.9 Å². The lowest BCUT2D eigenvalue weighted by Crippen LogP contribution is -2.63. The summed E-state index contributed by atoms with van der Waals surface area (Å²) in [6.07, 6.45) is 5.77. The van der Waals surface area contributed by atoms with E-state index in [1.165, 1.54) is 12.0 Å². The zero-order valence-electron chi connectivity index (χ0n) is 18.0. The Morgan fingerprint density at radius 1 is 1.17 bits per heavy atom. The molecular weight excluding hydrogens is 362 g/mol. The molecule has 2 saturated heterocycles. The van der Waals surface area contributed by atoms with E-state index < -0.39 is 5.60 Å². The van der Waals surface area contributed by atoms with Crippen LogP contribution in [0, 0.1) is 6.92 Å². The van der Waals surface area contributed by atoms with Crippen LogP contribution in [0.5, 0.6) is 0 Å². The summed E-state index contributed by atoms with van der Waals surface area (Å²) in [4.78, 5) is 6.91. The number of piperidine rings is 2. The quantitative estimate of drug-likeness (QED) is 0.649. The minimum absolute atomic E-state index is 0.0928. The summed E-state index contributed by atoms with van der Waals surface area (Å²) in [5, 5.41) is 21.5. The lowest BCUT2D eigenvalue weighted by Gasteiger charge is -2.57. The van der Waals surface area contributed by atoms with E-state index >= 15 is 0 Å². The van der Waals surface area contributed by atoms with Crippen molar-refractivity contribution in [3.05, 3.63) is 41.7 Å². The molecule has 1 aromatic heterocycles. The zero-order chi connectivity index (χ0) is 20.5. The van der Waals surface area contributed by atoms with Gasteiger partial charge >= 0.3 is 0 Å². The molecule has 3 heterocycles. The summed E-state index contributed by atoms with van der Waals surface area (Å²) in [5.41, 5.74) is 1.17. The molecule has 1 aromatic carbocycles. The highest BCUT2D eigenvalue weighted by atomic mass is 16.3. The first kappa shape index (κ1) is 20.4. The van der Waals surface area contributed by atoms with Gasteiger partial charge in [-0.1, -0.05) is 37.3 Å². The first-order chi connectivity index (χ1) is 13.8. The monoisotopic (exact) mass is 397 g/mol. The molecule has 0 saturated carbocycles. The first-order valence-electron chi connectivity index (χ1n) is 11.0. The number of hydrogen-bond donors (Lipinski definition) is 3. The summed E-state index contributed by atoms with van der Waals surface area (Å²) in [6, 6.07) is 10.9. The molecule has 3 unspecified atom stereocenters. The third-order valence-corrected chi connectivity index (χ3v) is 7.25. The maximum absolute atomic E-state index is 11.3. The number of rotatable bonds is 6. The number of nitrogens with one attached hydrogen (secondary N) is 2. The van der Waals surface area contributed by atoms with Crippen LogP contribution in [0.25, 0.3) is 0 Å². The van der Waals surface area contributed by atoms with Crippen molar-refractivity contribution < 1.29 is 5.11 Å². The van der Waals surface area contributed by atoms with Gasteiger partial charge in [-0.25, -0.2) is 0 Å². The first-order valence-corrected chi connectivity index (χ1v) is 11.0. The number of hydrogen-bond acceptors (Lipinski definition) is 5. The Kier molecular flexibility index (Phi) is 5.42. The molecule has 158 valence electrons. The van der Waals surface area contributed by atoms with Crippen molar-refractivity contribution in [2.75, 3.05) is 25.0 Å². The van der Waals surface area contributed by atoms with Crippen LogP contribution in [-0.4, -0.2) is 56.0 Å². The zero-order valence-corrected chi connectivity index (χ0v) is 18.0. The molecule has 0 bridgehead atoms. The van der Waals surface area contributed by atoms with Crippen LogP contribution in [0.4, 0.5) is 5.95 Å². The number of anilines is 1. The van der Waals surface area contributed by atoms with E-state index in [1.807, 2.05) is 6.92 Å². The normalized spacial score (nSPS) is 32.7. The lowest BCUT2D eigenvalue weighted by atomic mass is 9.65. The van der Waals surface area contributed by atoms with Crippen molar-refractivity contribution in [2.45, 2.75) is 75.9 Å². The Bertz CT molecular complexity index is 824. The minimum atomic E-state index is -0.567. The van der Waals surface area contributed by atoms with E-state index in [4.69, 9.17) is 0 Å². The molecule has 6 nitrogen and oxygen atoms in total. The van der Waals surface area contributed by atoms with Gasteiger partial charge < -0.3 is 10.4 Å². The number of nitrogens with zero attached hydrogens (tertiary/aromatic N) is 3. The molecule has 2 fully saturated rings. The van der Waals surface area contributed by atoms with E-state index in [0.717, 1.165) is 57.6 Å². The fourth-order valence-electron chi connectivity index (χ4n) is 5.41. The van der Waals surface area contributed by atoms with Crippen LogP contribution in [0.2, 0.25) is 0 Å². The van der Waals surface area contributed by atoms with Gasteiger partial charge in [0.1, 0.15) is 5.82 Å². The molecule has 0 aliphatic carbocycles. The smallest absolute Gasteiger partial charge is 0.242 e. The van der Waals surface area contributed by atoms with Gasteiger partial charge in [0.15, 0.2) is 0 Å². The van der Waals surface area contributed by atoms with E-state index in [0.29, 0.717) is 5.95 Å². The van der Waals surface area contributed by atoms with Gasteiger partial charge in [-0.3, -0.25) is 10.00 Å². The molecule has 2 aliphatic heterocycles. The van der Waals surface area contributed by atoms with E-state index in [9.17, 15) is 5.11 Å². The van der Waals surface area contributed by atoms with Gasteiger partial charge in [-0.2, -0.15) is 4.98 Å². The van der Waals surface area contributed by atoms with Crippen molar-refractivity contribution in [1.29, 1.82) is 0 Å². The second kappa shape index (κ2) is 7.73. The molecule has 3 atom stereocenters. The summed E-state index contributed by atoms with van der Waals surface area (Å²) in [7, 11) is 0. The summed E-state index contributed by atoms with van der Waals surface area (Å²) in [6.45, 7) is 9.49. The highest BCUT2D eigenvalue weighted by molar-refractivity contribution is 5.27. The highest BCUT2D eigenvalue weighted by Crippen LogP contribution is 2.47. The van der Waals surface area contributed by atoms with Crippen molar-refractivity contribution >= 4 is 5.95 Å². The van der Waals surface area contributed by atoms with Crippen LogP contribution >= 0.6 is 0 Å². The number of aromatic amines is 1. The molecule has 0 spiro atoms. The van der Waals surface area contributed by atoms with Crippen molar-refractivity contribution in [1.82, 2.24) is 20.1 Å². The second-order valence-corrected chi connectivity index (χ2v) is 9.77. The average Bonchev–Trinajstić information content (AvgIpc) is 3.12. The number of benzene rings is 1. The largest absolute Gasteiger partial charge is 0.390 e. The molecule has 0 amide bonds. The van der Waals surface area contributed by atoms with Crippen LogP contribution in [0.15, 0.2) is 30.3 Å². The Morgan fingerprint density at radius 2 is 1.97 bits per heavy atom. The van der Waals surface area contributed by atoms with Crippen LogP contribution < -0.4 is 5.32 Å². The second-order valence-electron chi connectivity index (χ2n) is 9.77. The van der Waals surface area contributed by atoms with Gasteiger partial charge in [0.2, 0.25) is 5.95 Å². The molecule has 6 heteroatoms. The predicted octanol–water partition coefficient (Wildman–Crippen LogP) is 3.64. The fourth-order valence-corrected chi connectivity index (χ4v) is 5.41. The Labute approximate surface area is 174 Å². The summed E-state index contributed by atoms with van der Waals surface area (Å²) in [5.74, 6) is 1.45. The van der Waals surface area contributed by atoms with Crippen molar-refractivity contribution in [2.24, 2.45) is 0 Å². The van der Waals surface area contributed by atoms with Gasteiger partial charge in [0.05, 0.1) is 5.60 Å². The average molecular weight is 398 g/mol. The Balaban J connectivity index is 1.33. The maximum Gasteiger partial charge on any atom is 0.242 e. The number of fused-ring (bicyclic) bond motifs is 1. The Hall–Kier alpha value is -1.92. The molecule has 2 aliphatic rings. The standard InChI is InChI=1S/C23H35N5O/c1-18-25-20(27-26-18)24-14-7-10-23(29)13-15-28-17-21(2,11-12-22(28,3)16-23)19-8-5-4-6-9-19/h4-6,8-9,29H,7,10-17H2,1-3H3,(H2,24,25,26,27). The molecule has 2 aromatic rings. The van der Waals surface area contributed by atoms with Crippen LogP contribution in [0.1, 0.15) is 63.8 Å². The molecule has 0 radical (unpaired) electrons. The fraction of sp³-hybridized carbons (Fsp3) is 0.652. The predicted molar refractivity (Wildman–Crippen MR) is 116 cm³/mol. The highest BCUT2D eigenvalue weighted by Gasteiger charge is 2.50.